The molecule has 1 saturated heterocycles. The summed E-state index contributed by atoms with van der Waals surface area (Å²) in [7, 11) is 2.18. The fourth-order valence-electron chi connectivity index (χ4n) is 3.61. The Kier molecular flexibility index (Phi) is 5.38. The van der Waals surface area contributed by atoms with Gasteiger partial charge < -0.3 is 4.90 Å². The summed E-state index contributed by atoms with van der Waals surface area (Å²) in [6, 6.07) is 9.55. The Morgan fingerprint density at radius 1 is 1.21 bits per heavy atom. The molecule has 4 rings (SSSR count). The van der Waals surface area contributed by atoms with Gasteiger partial charge in [0.25, 0.3) is 5.91 Å². The summed E-state index contributed by atoms with van der Waals surface area (Å²) in [5.41, 5.74) is 6.37. The van der Waals surface area contributed by atoms with Crippen LogP contribution in [0.25, 0.3) is 22.2 Å². The maximum absolute atomic E-state index is 13.2. The topological polar surface area (TPSA) is 49.7 Å². The van der Waals surface area contributed by atoms with E-state index in [0.29, 0.717) is 10.6 Å². The summed E-state index contributed by atoms with van der Waals surface area (Å²) in [4.78, 5) is 21.9. The lowest BCUT2D eigenvalue weighted by Gasteiger charge is -2.30. The minimum Gasteiger partial charge on any atom is -0.335 e. The molecule has 3 aromatic rings. The van der Waals surface area contributed by atoms with Crippen molar-refractivity contribution in [3.63, 3.8) is 0 Å². The van der Waals surface area contributed by atoms with E-state index in [2.05, 4.69) is 32.4 Å². The Morgan fingerprint density at radius 3 is 2.64 bits per heavy atom. The molecule has 28 heavy (non-hydrogen) atoms. The minimum absolute atomic E-state index is 0.111. The van der Waals surface area contributed by atoms with Gasteiger partial charge in [-0.2, -0.15) is 0 Å². The van der Waals surface area contributed by atoms with Crippen molar-refractivity contribution < 1.29 is 9.69 Å². The molecule has 0 atom stereocenters. The second kappa shape index (κ2) is 7.79. The molecule has 0 aliphatic carbocycles. The van der Waals surface area contributed by atoms with Gasteiger partial charge in [-0.05, 0) is 44.2 Å². The molecule has 5 nitrogen and oxygen atoms in total. The number of hydrazine groups is 1. The van der Waals surface area contributed by atoms with E-state index < -0.39 is 0 Å². The van der Waals surface area contributed by atoms with Crippen molar-refractivity contribution in [1.82, 2.24) is 15.4 Å². The SMILES string of the molecule is Cc1cc(-c2cc(C(=O)NN3CC[NH+](C)CC3)c3cc(Cl)ccc3n2)c(C)s1. The van der Waals surface area contributed by atoms with E-state index in [1.165, 1.54) is 14.7 Å². The molecule has 1 aliphatic rings. The van der Waals surface area contributed by atoms with E-state index in [0.717, 1.165) is 48.3 Å². The fourth-order valence-corrected chi connectivity index (χ4v) is 4.72. The number of piperazine rings is 1. The van der Waals surface area contributed by atoms with Crippen LogP contribution in [0.4, 0.5) is 0 Å². The molecule has 0 bridgehead atoms. The largest absolute Gasteiger partial charge is 0.335 e. The highest BCUT2D eigenvalue weighted by Crippen LogP contribution is 2.32. The molecule has 0 spiro atoms. The fraction of sp³-hybridized carbons (Fsp3) is 0.333. The van der Waals surface area contributed by atoms with Gasteiger partial charge in [0.1, 0.15) is 0 Å². The molecular weight excluding hydrogens is 392 g/mol. The molecule has 146 valence electrons. The summed E-state index contributed by atoms with van der Waals surface area (Å²) < 4.78 is 0. The van der Waals surface area contributed by atoms with E-state index in [1.54, 1.807) is 11.3 Å². The number of nitrogens with one attached hydrogen (secondary N) is 2. The Bertz CT molecular complexity index is 1040. The van der Waals surface area contributed by atoms with Crippen molar-refractivity contribution in [3.05, 3.63) is 50.7 Å². The third kappa shape index (κ3) is 3.91. The predicted molar refractivity (Wildman–Crippen MR) is 115 cm³/mol. The van der Waals surface area contributed by atoms with Crippen molar-refractivity contribution in [2.45, 2.75) is 13.8 Å². The van der Waals surface area contributed by atoms with Gasteiger partial charge in [-0.25, -0.2) is 9.99 Å². The van der Waals surface area contributed by atoms with Crippen LogP contribution >= 0.6 is 22.9 Å². The van der Waals surface area contributed by atoms with Crippen molar-refractivity contribution in [2.75, 3.05) is 33.2 Å². The Hall–Kier alpha value is -1.99. The number of aromatic nitrogens is 1. The lowest BCUT2D eigenvalue weighted by atomic mass is 10.0. The zero-order chi connectivity index (χ0) is 19.8. The Labute approximate surface area is 173 Å². The van der Waals surface area contributed by atoms with E-state index in [4.69, 9.17) is 16.6 Å². The number of hydrogen-bond acceptors (Lipinski definition) is 4. The minimum atomic E-state index is -0.111. The number of quaternary nitrogens is 1. The average molecular weight is 416 g/mol. The second-order valence-corrected chi connectivity index (χ2v) is 9.33. The quantitative estimate of drug-likeness (QED) is 0.691. The highest BCUT2D eigenvalue weighted by Gasteiger charge is 2.21. The van der Waals surface area contributed by atoms with Crippen molar-refractivity contribution >= 4 is 39.7 Å². The first-order chi connectivity index (χ1) is 13.4. The molecule has 3 heterocycles. The maximum Gasteiger partial charge on any atom is 0.266 e. The zero-order valence-corrected chi connectivity index (χ0v) is 17.9. The Morgan fingerprint density at radius 2 is 1.96 bits per heavy atom. The van der Waals surface area contributed by atoms with Crippen LogP contribution in [0, 0.1) is 13.8 Å². The number of thiophene rings is 1. The Balaban J connectivity index is 1.75. The van der Waals surface area contributed by atoms with Gasteiger partial charge >= 0.3 is 0 Å². The molecular formula is C21H24ClN4OS+. The normalized spacial score (nSPS) is 15.9. The summed E-state index contributed by atoms with van der Waals surface area (Å²) in [5.74, 6) is -0.111. The molecule has 7 heteroatoms. The smallest absolute Gasteiger partial charge is 0.266 e. The first-order valence-corrected chi connectivity index (χ1v) is 10.6. The molecule has 0 saturated carbocycles. The van der Waals surface area contributed by atoms with Crippen LogP contribution in [0.5, 0.6) is 0 Å². The standard InChI is InChI=1S/C21H23ClN4OS/c1-13-10-16(14(2)28-13)20-12-18(17-11-15(22)4-5-19(17)23-20)21(27)24-26-8-6-25(3)7-9-26/h4-5,10-12H,6-9H2,1-3H3,(H,24,27)/p+1. The van der Waals surface area contributed by atoms with Gasteiger partial charge in [0.15, 0.2) is 0 Å². The summed E-state index contributed by atoms with van der Waals surface area (Å²) in [6.45, 7) is 7.90. The van der Waals surface area contributed by atoms with Crippen molar-refractivity contribution in [1.29, 1.82) is 0 Å². The van der Waals surface area contributed by atoms with Crippen LogP contribution in [-0.2, 0) is 0 Å². The van der Waals surface area contributed by atoms with Gasteiger partial charge in [0.2, 0.25) is 0 Å². The molecule has 1 aliphatic heterocycles. The molecule has 0 radical (unpaired) electrons. The number of hydrogen-bond donors (Lipinski definition) is 2. The molecule has 2 N–H and O–H groups in total. The van der Waals surface area contributed by atoms with Gasteiger partial charge in [-0.1, -0.05) is 11.6 Å². The second-order valence-electron chi connectivity index (χ2n) is 7.43. The number of amides is 1. The number of rotatable bonds is 3. The molecule has 1 aromatic carbocycles. The number of fused-ring (bicyclic) bond motifs is 1. The number of carbonyl (C=O) groups is 1. The van der Waals surface area contributed by atoms with E-state index in [9.17, 15) is 4.79 Å². The summed E-state index contributed by atoms with van der Waals surface area (Å²) in [6.07, 6.45) is 0. The summed E-state index contributed by atoms with van der Waals surface area (Å²) in [5, 5.41) is 3.38. The van der Waals surface area contributed by atoms with Crippen LogP contribution in [0.3, 0.4) is 0 Å². The zero-order valence-electron chi connectivity index (χ0n) is 16.3. The number of pyridine rings is 1. The third-order valence-corrected chi connectivity index (χ3v) is 6.41. The number of nitrogens with zero attached hydrogens (tertiary/aromatic N) is 2. The average Bonchev–Trinajstić information content (AvgIpc) is 3.01. The third-order valence-electron chi connectivity index (χ3n) is 5.21. The predicted octanol–water partition coefficient (Wildman–Crippen LogP) is 2.71. The number of benzene rings is 1. The monoisotopic (exact) mass is 415 g/mol. The molecule has 0 unspecified atom stereocenters. The lowest BCUT2D eigenvalue weighted by Crippen LogP contribution is -3.12. The molecule has 1 fully saturated rings. The van der Waals surface area contributed by atoms with Crippen molar-refractivity contribution in [3.8, 4) is 11.3 Å². The van der Waals surface area contributed by atoms with Gasteiger partial charge in [0, 0.05) is 25.7 Å². The molecule has 2 aromatic heterocycles. The summed E-state index contributed by atoms with van der Waals surface area (Å²) >= 11 is 7.96. The number of carbonyl (C=O) groups excluding carboxylic acids is 1. The number of aryl methyl sites for hydroxylation is 2. The van der Waals surface area contributed by atoms with Gasteiger partial charge in [0.05, 0.1) is 50.0 Å². The van der Waals surface area contributed by atoms with Crippen LogP contribution in [-0.4, -0.2) is 49.1 Å². The first kappa shape index (κ1) is 19.3. The van der Waals surface area contributed by atoms with Crippen LogP contribution in [0.2, 0.25) is 5.02 Å². The number of halogens is 1. The van der Waals surface area contributed by atoms with E-state index in [1.807, 2.05) is 29.3 Å². The van der Waals surface area contributed by atoms with Crippen LogP contribution in [0.1, 0.15) is 20.1 Å². The maximum atomic E-state index is 13.2. The van der Waals surface area contributed by atoms with Gasteiger partial charge in [-0.15, -0.1) is 11.3 Å². The highest BCUT2D eigenvalue weighted by atomic mass is 35.5. The van der Waals surface area contributed by atoms with Crippen LogP contribution < -0.4 is 10.3 Å². The highest BCUT2D eigenvalue weighted by molar-refractivity contribution is 7.12. The van der Waals surface area contributed by atoms with Gasteiger partial charge in [-0.3, -0.25) is 10.2 Å². The van der Waals surface area contributed by atoms with E-state index >= 15 is 0 Å². The van der Waals surface area contributed by atoms with E-state index in [-0.39, 0.29) is 5.91 Å². The van der Waals surface area contributed by atoms with Crippen molar-refractivity contribution in [2.24, 2.45) is 0 Å². The first-order valence-electron chi connectivity index (χ1n) is 9.45. The molecule has 1 amide bonds. The van der Waals surface area contributed by atoms with Crippen LogP contribution in [0.15, 0.2) is 30.3 Å². The lowest BCUT2D eigenvalue weighted by molar-refractivity contribution is -0.884. The number of likely N-dealkylation sites (N-methyl/N-ethyl adjacent to an activating group) is 1.